The Kier molecular flexibility index (Phi) is 5.36. The summed E-state index contributed by atoms with van der Waals surface area (Å²) in [5, 5.41) is 21.7. The summed E-state index contributed by atoms with van der Waals surface area (Å²) in [5.41, 5.74) is 0.749. The van der Waals surface area contributed by atoms with Crippen LogP contribution in [0.15, 0.2) is 27.6 Å². The van der Waals surface area contributed by atoms with Gasteiger partial charge in [0.2, 0.25) is 0 Å². The van der Waals surface area contributed by atoms with Gasteiger partial charge in [0.15, 0.2) is 0 Å². The SMILES string of the molecule is O=C([O-])CCN1C(=O)/C(=C2/C(=O)N(CC(=O)[O-])c3ccc(Br)cc32)SC1=S. The first-order valence-electron chi connectivity index (χ1n) is 7.50. The first-order valence-corrected chi connectivity index (χ1v) is 9.52. The second-order valence-electron chi connectivity index (χ2n) is 5.58. The van der Waals surface area contributed by atoms with E-state index in [0.29, 0.717) is 15.7 Å². The van der Waals surface area contributed by atoms with Crippen molar-refractivity contribution in [2.24, 2.45) is 0 Å². The van der Waals surface area contributed by atoms with Gasteiger partial charge in [-0.25, -0.2) is 0 Å². The number of hydrogen-bond donors (Lipinski definition) is 0. The van der Waals surface area contributed by atoms with Crippen LogP contribution in [0.25, 0.3) is 5.57 Å². The molecule has 2 amide bonds. The maximum absolute atomic E-state index is 12.9. The summed E-state index contributed by atoms with van der Waals surface area (Å²) in [7, 11) is 0. The zero-order valence-corrected chi connectivity index (χ0v) is 16.6. The molecule has 0 unspecified atom stereocenters. The molecule has 1 fully saturated rings. The molecule has 2 aliphatic rings. The van der Waals surface area contributed by atoms with Gasteiger partial charge in [-0.15, -0.1) is 0 Å². The van der Waals surface area contributed by atoms with Gasteiger partial charge >= 0.3 is 0 Å². The summed E-state index contributed by atoms with van der Waals surface area (Å²) >= 11 is 9.29. The molecule has 0 bridgehead atoms. The predicted octanol–water partition coefficient (Wildman–Crippen LogP) is -0.743. The number of nitrogens with zero attached hydrogens (tertiary/aromatic N) is 2. The number of carboxylic acid groups (broad SMARTS) is 2. The van der Waals surface area contributed by atoms with Crippen LogP contribution in [0.2, 0.25) is 0 Å². The van der Waals surface area contributed by atoms with Gasteiger partial charge in [0, 0.05) is 29.0 Å². The number of carbonyl (C=O) groups is 4. The van der Waals surface area contributed by atoms with Crippen LogP contribution in [-0.2, 0) is 19.2 Å². The molecule has 0 atom stereocenters. The van der Waals surface area contributed by atoms with Gasteiger partial charge in [-0.3, -0.25) is 14.5 Å². The Bertz CT molecular complexity index is 945. The van der Waals surface area contributed by atoms with E-state index in [1.165, 1.54) is 0 Å². The molecule has 3 rings (SSSR count). The molecule has 11 heteroatoms. The summed E-state index contributed by atoms with van der Waals surface area (Å²) in [6, 6.07) is 4.80. The third kappa shape index (κ3) is 3.62. The highest BCUT2D eigenvalue weighted by Crippen LogP contribution is 2.45. The minimum absolute atomic E-state index is 0.0286. The van der Waals surface area contributed by atoms with E-state index in [0.717, 1.165) is 21.6 Å². The van der Waals surface area contributed by atoms with Crippen LogP contribution >= 0.6 is 39.9 Å². The fourth-order valence-electron chi connectivity index (χ4n) is 2.75. The number of aliphatic carboxylic acids is 2. The number of fused-ring (bicyclic) bond motifs is 1. The fourth-order valence-corrected chi connectivity index (χ4v) is 4.50. The first kappa shape index (κ1) is 19.5. The second-order valence-corrected chi connectivity index (χ2v) is 8.14. The molecule has 1 aromatic rings. The molecular weight excluding hydrogens is 460 g/mol. The van der Waals surface area contributed by atoms with E-state index in [-0.39, 0.29) is 21.3 Å². The maximum atomic E-state index is 12.9. The van der Waals surface area contributed by atoms with Crippen molar-refractivity contribution in [2.75, 3.05) is 18.0 Å². The van der Waals surface area contributed by atoms with E-state index in [9.17, 15) is 29.4 Å². The van der Waals surface area contributed by atoms with Crippen LogP contribution in [0.5, 0.6) is 0 Å². The van der Waals surface area contributed by atoms with Crippen molar-refractivity contribution in [3.05, 3.63) is 33.1 Å². The van der Waals surface area contributed by atoms with Crippen molar-refractivity contribution in [3.8, 4) is 0 Å². The molecule has 0 N–H and O–H groups in total. The standard InChI is InChI=1S/C16H11BrN2O6S2/c17-7-1-2-9-8(5-7)12(14(24)19(9)6-11(22)23)13-15(25)18(16(26)27-13)4-3-10(20)21/h1-2,5H,3-4,6H2,(H,20,21)(H,22,23)/p-2/b13-12-. The number of amides is 2. The molecule has 0 saturated carbocycles. The Morgan fingerprint density at radius 3 is 2.44 bits per heavy atom. The zero-order valence-electron chi connectivity index (χ0n) is 13.4. The normalized spacial score (nSPS) is 19.1. The number of benzene rings is 1. The van der Waals surface area contributed by atoms with Crippen LogP contribution in [-0.4, -0.2) is 46.1 Å². The minimum atomic E-state index is -1.44. The summed E-state index contributed by atoms with van der Waals surface area (Å²) in [6.07, 6.45) is -0.401. The lowest BCUT2D eigenvalue weighted by Gasteiger charge is -2.17. The van der Waals surface area contributed by atoms with E-state index in [1.54, 1.807) is 18.2 Å². The molecule has 1 saturated heterocycles. The third-order valence-electron chi connectivity index (χ3n) is 3.88. The molecule has 140 valence electrons. The summed E-state index contributed by atoms with van der Waals surface area (Å²) < 4.78 is 0.751. The number of carboxylic acids is 2. The molecule has 0 radical (unpaired) electrons. The highest BCUT2D eigenvalue weighted by Gasteiger charge is 2.41. The fraction of sp³-hybridized carbons (Fsp3) is 0.188. The number of thioether (sulfide) groups is 1. The van der Waals surface area contributed by atoms with Gasteiger partial charge in [-0.1, -0.05) is 39.9 Å². The van der Waals surface area contributed by atoms with Gasteiger partial charge in [0.05, 0.1) is 28.7 Å². The van der Waals surface area contributed by atoms with Crippen molar-refractivity contribution in [1.29, 1.82) is 0 Å². The number of carbonyl (C=O) groups excluding carboxylic acids is 4. The minimum Gasteiger partial charge on any atom is -0.550 e. The molecule has 2 aliphatic heterocycles. The lowest BCUT2D eigenvalue weighted by Crippen LogP contribution is -2.39. The molecule has 2 heterocycles. The van der Waals surface area contributed by atoms with Gasteiger partial charge in [0.1, 0.15) is 4.32 Å². The van der Waals surface area contributed by atoms with Crippen LogP contribution in [0, 0.1) is 0 Å². The monoisotopic (exact) mass is 468 g/mol. The quantitative estimate of drug-likeness (QED) is 0.409. The zero-order chi connectivity index (χ0) is 19.9. The predicted molar refractivity (Wildman–Crippen MR) is 99.9 cm³/mol. The van der Waals surface area contributed by atoms with Crippen molar-refractivity contribution in [3.63, 3.8) is 0 Å². The summed E-state index contributed by atoms with van der Waals surface area (Å²) in [5.74, 6) is -4.04. The Hall–Kier alpha value is -2.24. The molecule has 8 nitrogen and oxygen atoms in total. The Morgan fingerprint density at radius 1 is 1.11 bits per heavy atom. The first-order chi connectivity index (χ1) is 12.7. The molecular formula is C16H9BrN2O6S2-2. The van der Waals surface area contributed by atoms with E-state index < -0.39 is 36.7 Å². The number of rotatable bonds is 5. The van der Waals surface area contributed by atoms with Gasteiger partial charge in [-0.2, -0.15) is 0 Å². The molecule has 0 aliphatic carbocycles. The van der Waals surface area contributed by atoms with E-state index in [4.69, 9.17) is 12.2 Å². The number of halogens is 1. The molecule has 0 spiro atoms. The average molecular weight is 469 g/mol. The van der Waals surface area contributed by atoms with Crippen molar-refractivity contribution >= 4 is 79.2 Å². The largest absolute Gasteiger partial charge is 0.550 e. The number of anilines is 1. The molecule has 0 aromatic heterocycles. The van der Waals surface area contributed by atoms with Crippen LogP contribution < -0.4 is 15.1 Å². The molecule has 1 aromatic carbocycles. The number of thiocarbonyl (C=S) groups is 1. The van der Waals surface area contributed by atoms with Gasteiger partial charge in [0.25, 0.3) is 11.8 Å². The highest BCUT2D eigenvalue weighted by atomic mass is 79.9. The second kappa shape index (κ2) is 7.41. The third-order valence-corrected chi connectivity index (χ3v) is 5.82. The van der Waals surface area contributed by atoms with Crippen LogP contribution in [0.3, 0.4) is 0 Å². The van der Waals surface area contributed by atoms with Crippen LogP contribution in [0.4, 0.5) is 5.69 Å². The van der Waals surface area contributed by atoms with Crippen molar-refractivity contribution in [2.45, 2.75) is 6.42 Å². The molecule has 27 heavy (non-hydrogen) atoms. The Morgan fingerprint density at radius 2 is 1.81 bits per heavy atom. The number of hydrogen-bond acceptors (Lipinski definition) is 8. The maximum Gasteiger partial charge on any atom is 0.267 e. The Labute approximate surface area is 170 Å². The van der Waals surface area contributed by atoms with Crippen molar-refractivity contribution < 1.29 is 29.4 Å². The van der Waals surface area contributed by atoms with E-state index in [1.807, 2.05) is 0 Å². The smallest absolute Gasteiger partial charge is 0.267 e. The van der Waals surface area contributed by atoms with Crippen molar-refractivity contribution in [1.82, 2.24) is 4.90 Å². The topological polar surface area (TPSA) is 121 Å². The summed E-state index contributed by atoms with van der Waals surface area (Å²) in [4.78, 5) is 49.4. The highest BCUT2D eigenvalue weighted by molar-refractivity contribution is 9.10. The van der Waals surface area contributed by atoms with Crippen LogP contribution in [0.1, 0.15) is 12.0 Å². The lowest BCUT2D eigenvalue weighted by molar-refractivity contribution is -0.306. The average Bonchev–Trinajstić information content (AvgIpc) is 2.99. The summed E-state index contributed by atoms with van der Waals surface area (Å²) in [6.45, 7) is -0.839. The van der Waals surface area contributed by atoms with Gasteiger partial charge < -0.3 is 24.7 Å². The van der Waals surface area contributed by atoms with E-state index >= 15 is 0 Å². The Balaban J connectivity index is 2.08. The lowest BCUT2D eigenvalue weighted by atomic mass is 10.1. The van der Waals surface area contributed by atoms with E-state index in [2.05, 4.69) is 15.9 Å². The van der Waals surface area contributed by atoms with Gasteiger partial charge in [-0.05, 0) is 18.2 Å².